The van der Waals surface area contributed by atoms with Crippen LogP contribution in [0.25, 0.3) is 65.7 Å². The molecule has 10 aromatic carbocycles. The van der Waals surface area contributed by atoms with Crippen molar-refractivity contribution in [2.75, 3.05) is 4.90 Å². The highest BCUT2D eigenvalue weighted by molar-refractivity contribution is 6.07. The van der Waals surface area contributed by atoms with E-state index in [2.05, 4.69) is 205 Å². The highest BCUT2D eigenvalue weighted by atomic mass is 16.5. The topological polar surface area (TPSA) is 25.6 Å². The minimum atomic E-state index is -0.598. The first-order valence-corrected chi connectivity index (χ1v) is 20.6. The minimum Gasteiger partial charge on any atom is -0.456 e. The van der Waals surface area contributed by atoms with Crippen LogP contribution >= 0.6 is 0 Å². The van der Waals surface area contributed by atoms with Crippen molar-refractivity contribution in [1.29, 1.82) is 0 Å². The van der Waals surface area contributed by atoms with Crippen LogP contribution < -0.4 is 9.64 Å². The Morgan fingerprint density at radius 3 is 1.70 bits per heavy atom. The first-order valence-electron chi connectivity index (χ1n) is 20.6. The molecule has 1 aliphatic carbocycles. The second-order valence-electron chi connectivity index (χ2n) is 16.0. The Morgan fingerprint density at radius 2 is 0.933 bits per heavy atom. The van der Waals surface area contributed by atoms with E-state index in [1.54, 1.807) is 0 Å². The van der Waals surface area contributed by atoms with Gasteiger partial charge >= 0.3 is 0 Å². The number of hydrogen-bond acceptors (Lipinski definition) is 3. The molecule has 0 radical (unpaired) electrons. The zero-order chi connectivity index (χ0) is 39.4. The van der Waals surface area contributed by atoms with Crippen molar-refractivity contribution in [1.82, 2.24) is 0 Å². The van der Waals surface area contributed by atoms with E-state index < -0.39 is 5.41 Å². The first-order chi connectivity index (χ1) is 29.8. The third kappa shape index (κ3) is 4.54. The Kier molecular flexibility index (Phi) is 6.93. The van der Waals surface area contributed by atoms with Gasteiger partial charge in [-0.05, 0) is 81.1 Å². The molecular weight excluding hydrogens is 731 g/mol. The Hall–Kier alpha value is -7.88. The quantitative estimate of drug-likeness (QED) is 0.178. The Labute approximate surface area is 347 Å². The van der Waals surface area contributed by atoms with Gasteiger partial charge in [0.25, 0.3) is 0 Å². The lowest BCUT2D eigenvalue weighted by Gasteiger charge is -2.40. The van der Waals surface area contributed by atoms with E-state index in [9.17, 15) is 0 Å². The minimum absolute atomic E-state index is 0.598. The van der Waals surface area contributed by atoms with E-state index >= 15 is 0 Å². The lowest BCUT2D eigenvalue weighted by Crippen LogP contribution is -2.32. The number of rotatable bonds is 4. The molecule has 0 saturated carbocycles. The van der Waals surface area contributed by atoms with E-state index in [-0.39, 0.29) is 0 Å². The average molecular weight is 766 g/mol. The fraction of sp³-hybridized carbons (Fsp3) is 0.0175. The van der Waals surface area contributed by atoms with Crippen molar-refractivity contribution in [3.05, 3.63) is 235 Å². The molecule has 0 saturated heterocycles. The van der Waals surface area contributed by atoms with E-state index in [1.165, 1.54) is 33.4 Å². The predicted molar refractivity (Wildman–Crippen MR) is 246 cm³/mol. The molecule has 1 aromatic heterocycles. The predicted octanol–water partition coefficient (Wildman–Crippen LogP) is 15.5. The number of anilines is 3. The molecule has 1 aliphatic heterocycles. The summed E-state index contributed by atoms with van der Waals surface area (Å²) < 4.78 is 13.6. The van der Waals surface area contributed by atoms with E-state index in [0.717, 1.165) is 83.2 Å². The summed E-state index contributed by atoms with van der Waals surface area (Å²) in [5, 5.41) is 6.79. The number of hydrogen-bond donors (Lipinski definition) is 0. The lowest BCUT2D eigenvalue weighted by atomic mass is 9.65. The summed E-state index contributed by atoms with van der Waals surface area (Å²) >= 11 is 0. The van der Waals surface area contributed by atoms with Crippen LogP contribution in [0, 0.1) is 0 Å². The number of para-hydroxylation sites is 3. The number of fused-ring (bicyclic) bond motifs is 16. The van der Waals surface area contributed by atoms with Crippen LogP contribution in [-0.2, 0) is 5.41 Å². The normalized spacial score (nSPS) is 13.3. The summed E-state index contributed by atoms with van der Waals surface area (Å²) in [6.07, 6.45) is 0. The SMILES string of the molecule is c1ccc(N(c2ccc3c(c2)oc2ccccc23)c2ccccc2-c2ccc3c(c2)-c2ccccc2C32c3ccc4ccccc4c3Oc3c2ccc2ccccc32)cc1. The van der Waals surface area contributed by atoms with E-state index in [1.807, 2.05) is 12.1 Å². The van der Waals surface area contributed by atoms with Crippen molar-refractivity contribution < 1.29 is 9.15 Å². The lowest BCUT2D eigenvalue weighted by molar-refractivity contribution is 0.447. The molecule has 0 unspecified atom stereocenters. The molecule has 2 heterocycles. The molecule has 0 bridgehead atoms. The summed E-state index contributed by atoms with van der Waals surface area (Å²) in [5.74, 6) is 1.85. The molecule has 2 aliphatic rings. The number of ether oxygens (including phenoxy) is 1. The number of nitrogens with zero attached hydrogens (tertiary/aromatic N) is 1. The zero-order valence-corrected chi connectivity index (χ0v) is 32.5. The van der Waals surface area contributed by atoms with Gasteiger partial charge in [0.15, 0.2) is 0 Å². The van der Waals surface area contributed by atoms with Gasteiger partial charge in [-0.15, -0.1) is 0 Å². The van der Waals surface area contributed by atoms with Crippen LogP contribution in [0.2, 0.25) is 0 Å². The van der Waals surface area contributed by atoms with Crippen molar-refractivity contribution in [2.45, 2.75) is 5.41 Å². The standard InChI is InChI=1S/C57H35NO2/c1-2-16-39(17-3-1)58(40-29-30-46-45-22-10-13-25-53(45)59-54(46)35-40)52-24-12-9-18-41(52)38-28-31-49-47(34-38)44-21-8-11-23-48(44)57(49)50-32-26-36-14-4-6-19-42(36)55(50)60-56-43-20-7-5-15-37(43)27-33-51(56)57/h1-35H. The van der Waals surface area contributed by atoms with Gasteiger partial charge in [0.2, 0.25) is 0 Å². The Balaban J connectivity index is 1.05. The van der Waals surface area contributed by atoms with Crippen molar-refractivity contribution in [3.63, 3.8) is 0 Å². The van der Waals surface area contributed by atoms with Crippen molar-refractivity contribution in [3.8, 4) is 33.8 Å². The molecule has 3 nitrogen and oxygen atoms in total. The second-order valence-corrected chi connectivity index (χ2v) is 16.0. The van der Waals surface area contributed by atoms with Crippen LogP contribution in [0.4, 0.5) is 17.1 Å². The highest BCUT2D eigenvalue weighted by Crippen LogP contribution is 2.64. The maximum Gasteiger partial charge on any atom is 0.140 e. The second kappa shape index (κ2) is 12.6. The van der Waals surface area contributed by atoms with Gasteiger partial charge in [-0.2, -0.15) is 0 Å². The molecular formula is C57H35NO2. The van der Waals surface area contributed by atoms with Gasteiger partial charge < -0.3 is 14.1 Å². The Morgan fingerprint density at radius 1 is 0.350 bits per heavy atom. The van der Waals surface area contributed by atoms with Gasteiger partial charge in [-0.3, -0.25) is 0 Å². The average Bonchev–Trinajstić information content (AvgIpc) is 3.83. The fourth-order valence-corrected chi connectivity index (χ4v) is 10.3. The van der Waals surface area contributed by atoms with Gasteiger partial charge in [0.1, 0.15) is 22.7 Å². The summed E-state index contributed by atoms with van der Waals surface area (Å²) in [5.41, 5.74) is 14.0. The van der Waals surface area contributed by atoms with Crippen LogP contribution in [-0.4, -0.2) is 0 Å². The van der Waals surface area contributed by atoms with Gasteiger partial charge in [0.05, 0.1) is 11.1 Å². The summed E-state index contributed by atoms with van der Waals surface area (Å²) in [6.45, 7) is 0. The van der Waals surface area contributed by atoms with Crippen molar-refractivity contribution in [2.24, 2.45) is 0 Å². The maximum atomic E-state index is 7.17. The summed E-state index contributed by atoms with van der Waals surface area (Å²) in [4.78, 5) is 2.35. The molecule has 3 heteroatoms. The molecule has 0 atom stereocenters. The molecule has 60 heavy (non-hydrogen) atoms. The molecule has 1 spiro atoms. The van der Waals surface area contributed by atoms with Gasteiger partial charge in [-0.25, -0.2) is 0 Å². The molecule has 13 rings (SSSR count). The molecule has 0 fully saturated rings. The Bertz CT molecular complexity index is 3460. The van der Waals surface area contributed by atoms with Gasteiger partial charge in [-0.1, -0.05) is 164 Å². The highest BCUT2D eigenvalue weighted by Gasteiger charge is 2.51. The zero-order valence-electron chi connectivity index (χ0n) is 32.5. The monoisotopic (exact) mass is 765 g/mol. The largest absolute Gasteiger partial charge is 0.456 e. The number of benzene rings is 10. The molecule has 0 N–H and O–H groups in total. The first kappa shape index (κ1) is 33.1. The smallest absolute Gasteiger partial charge is 0.140 e. The molecule has 0 amide bonds. The summed E-state index contributed by atoms with van der Waals surface area (Å²) in [6, 6.07) is 76.7. The van der Waals surface area contributed by atoms with Crippen molar-refractivity contribution >= 4 is 60.5 Å². The van der Waals surface area contributed by atoms with E-state index in [4.69, 9.17) is 9.15 Å². The van der Waals surface area contributed by atoms with Crippen LogP contribution in [0.5, 0.6) is 11.5 Å². The fourth-order valence-electron chi connectivity index (χ4n) is 10.3. The molecule has 280 valence electrons. The van der Waals surface area contributed by atoms with Crippen LogP contribution in [0.3, 0.4) is 0 Å². The van der Waals surface area contributed by atoms with E-state index in [0.29, 0.717) is 0 Å². The molecule has 11 aromatic rings. The van der Waals surface area contributed by atoms with Gasteiger partial charge in [0, 0.05) is 55.7 Å². The third-order valence-electron chi connectivity index (χ3n) is 12.9. The maximum absolute atomic E-state index is 7.17. The third-order valence-corrected chi connectivity index (χ3v) is 12.9. The van der Waals surface area contributed by atoms with Crippen LogP contribution in [0.1, 0.15) is 22.3 Å². The number of furan rings is 1. The van der Waals surface area contributed by atoms with Crippen LogP contribution in [0.15, 0.2) is 217 Å². The summed E-state index contributed by atoms with van der Waals surface area (Å²) in [7, 11) is 0.